The topological polar surface area (TPSA) is 106 Å². The van der Waals surface area contributed by atoms with Gasteiger partial charge in [-0.1, -0.05) is 36.0 Å². The van der Waals surface area contributed by atoms with E-state index >= 15 is 0 Å². The zero-order valence-electron chi connectivity index (χ0n) is 17.4. The van der Waals surface area contributed by atoms with E-state index in [-0.39, 0.29) is 11.2 Å². The molecule has 0 bridgehead atoms. The Kier molecular flexibility index (Phi) is 7.57. The molecular formula is C21H15Cl2FN6O2S2. The third-order valence-electron chi connectivity index (χ3n) is 4.79. The highest BCUT2D eigenvalue weighted by Gasteiger charge is 2.17. The molecule has 34 heavy (non-hydrogen) atoms. The van der Waals surface area contributed by atoms with Gasteiger partial charge in [0.1, 0.15) is 28.5 Å². The van der Waals surface area contributed by atoms with Crippen molar-refractivity contribution in [3.63, 3.8) is 0 Å². The van der Waals surface area contributed by atoms with Crippen LogP contribution in [0.2, 0.25) is 0 Å². The average molecular weight is 537 g/mol. The second-order valence-corrected chi connectivity index (χ2v) is 10.3. The van der Waals surface area contributed by atoms with E-state index in [9.17, 15) is 9.18 Å². The summed E-state index contributed by atoms with van der Waals surface area (Å²) >= 11 is 1.38. The number of aromatic nitrogens is 6. The van der Waals surface area contributed by atoms with Crippen molar-refractivity contribution in [3.8, 4) is 5.69 Å². The predicted octanol–water partition coefficient (Wildman–Crippen LogP) is 4.83. The van der Waals surface area contributed by atoms with Gasteiger partial charge < -0.3 is 4.98 Å². The van der Waals surface area contributed by atoms with Crippen molar-refractivity contribution in [2.75, 3.05) is 0 Å². The van der Waals surface area contributed by atoms with Crippen LogP contribution < -0.4 is 5.56 Å². The molecule has 3 aromatic heterocycles. The summed E-state index contributed by atoms with van der Waals surface area (Å²) in [7, 11) is 7.36. The number of nitrogens with one attached hydrogen (secondary N) is 1. The first-order chi connectivity index (χ1) is 16.4. The van der Waals surface area contributed by atoms with E-state index in [1.807, 2.05) is 19.1 Å². The highest BCUT2D eigenvalue weighted by atomic mass is 36.0. The SMILES string of the molecule is Cc1cccc2nc(CSc3ncnc4nc[nH]c34)n(-c3ccccc3F)c(=O)c12.O=S(Cl)Cl. The Balaban J connectivity index is 0.000000636. The minimum Gasteiger partial charge on any atom is -0.341 e. The van der Waals surface area contributed by atoms with Gasteiger partial charge in [-0.05, 0) is 30.7 Å². The Labute approximate surface area is 208 Å². The van der Waals surface area contributed by atoms with Gasteiger partial charge >= 0.3 is 0 Å². The summed E-state index contributed by atoms with van der Waals surface area (Å²) in [5.74, 6) is 0.247. The first kappa shape index (κ1) is 24.3. The summed E-state index contributed by atoms with van der Waals surface area (Å²) in [5, 5.41) is 1.16. The Morgan fingerprint density at radius 2 is 1.88 bits per heavy atom. The Hall–Kier alpha value is -2.86. The van der Waals surface area contributed by atoms with E-state index in [1.54, 1.807) is 30.6 Å². The second-order valence-electron chi connectivity index (χ2n) is 6.84. The number of aryl methyl sites for hydroxylation is 1. The zero-order valence-corrected chi connectivity index (χ0v) is 20.6. The van der Waals surface area contributed by atoms with Crippen molar-refractivity contribution in [1.82, 2.24) is 29.5 Å². The molecular weight excluding hydrogens is 522 g/mol. The van der Waals surface area contributed by atoms with Gasteiger partial charge in [-0.15, -0.1) is 0 Å². The summed E-state index contributed by atoms with van der Waals surface area (Å²) in [6, 6.07) is 11.7. The predicted molar refractivity (Wildman–Crippen MR) is 133 cm³/mol. The van der Waals surface area contributed by atoms with Crippen LogP contribution in [-0.2, 0) is 15.0 Å². The summed E-state index contributed by atoms with van der Waals surface area (Å²) < 4.78 is 25.1. The molecule has 0 spiro atoms. The van der Waals surface area contributed by atoms with E-state index in [2.05, 4.69) is 41.3 Å². The molecule has 5 aromatic rings. The fourth-order valence-corrected chi connectivity index (χ4v) is 4.28. The average Bonchev–Trinajstić information content (AvgIpc) is 3.28. The van der Waals surface area contributed by atoms with Crippen molar-refractivity contribution in [1.29, 1.82) is 0 Å². The van der Waals surface area contributed by atoms with E-state index in [0.717, 1.165) is 5.56 Å². The molecule has 174 valence electrons. The first-order valence-electron chi connectivity index (χ1n) is 9.64. The summed E-state index contributed by atoms with van der Waals surface area (Å²) in [4.78, 5) is 33.7. The minimum atomic E-state index is -1.67. The third-order valence-corrected chi connectivity index (χ3v) is 5.78. The van der Waals surface area contributed by atoms with Crippen LogP contribution in [0.3, 0.4) is 0 Å². The number of H-pyrrole nitrogens is 1. The molecule has 0 aliphatic heterocycles. The number of hydrogen-bond acceptors (Lipinski definition) is 7. The van der Waals surface area contributed by atoms with Crippen LogP contribution in [0, 0.1) is 12.7 Å². The number of hydrogen-bond donors (Lipinski definition) is 1. The van der Waals surface area contributed by atoms with Crippen LogP contribution in [0.25, 0.3) is 27.8 Å². The van der Waals surface area contributed by atoms with Crippen molar-refractivity contribution in [2.45, 2.75) is 17.7 Å². The molecule has 3 heterocycles. The molecule has 13 heteroatoms. The van der Waals surface area contributed by atoms with Gasteiger partial charge in [0.25, 0.3) is 5.56 Å². The first-order valence-corrected chi connectivity index (χ1v) is 13.4. The lowest BCUT2D eigenvalue weighted by molar-refractivity contribution is 0.613. The number of aromatic amines is 1. The highest BCUT2D eigenvalue weighted by molar-refractivity contribution is 8.26. The van der Waals surface area contributed by atoms with Crippen LogP contribution >= 0.6 is 33.1 Å². The molecule has 0 radical (unpaired) electrons. The quantitative estimate of drug-likeness (QED) is 0.199. The van der Waals surface area contributed by atoms with Gasteiger partial charge in [0.15, 0.2) is 5.65 Å². The number of fused-ring (bicyclic) bond motifs is 2. The molecule has 8 nitrogen and oxygen atoms in total. The van der Waals surface area contributed by atoms with E-state index in [0.29, 0.717) is 38.7 Å². The summed E-state index contributed by atoms with van der Waals surface area (Å²) in [6.45, 7) is 1.85. The number of nitrogens with zero attached hydrogens (tertiary/aromatic N) is 5. The van der Waals surface area contributed by atoms with Crippen molar-refractivity contribution >= 4 is 64.4 Å². The van der Waals surface area contributed by atoms with Crippen LogP contribution in [0.5, 0.6) is 0 Å². The van der Waals surface area contributed by atoms with Gasteiger partial charge in [0.05, 0.1) is 28.7 Å². The number of thioether (sulfide) groups is 1. The Bertz CT molecular complexity index is 1570. The van der Waals surface area contributed by atoms with Gasteiger partial charge in [-0.2, -0.15) is 0 Å². The Morgan fingerprint density at radius 3 is 2.65 bits per heavy atom. The maximum Gasteiger partial charge on any atom is 0.266 e. The number of para-hydroxylation sites is 1. The van der Waals surface area contributed by atoms with E-state index < -0.39 is 15.0 Å². The number of halogens is 3. The van der Waals surface area contributed by atoms with Crippen molar-refractivity contribution in [2.24, 2.45) is 0 Å². The van der Waals surface area contributed by atoms with Gasteiger partial charge in [0, 0.05) is 21.4 Å². The standard InChI is InChI=1S/C21H15FN6OS.Cl2OS/c1-12-5-4-7-14-17(12)21(29)28(15-8-3-2-6-13(15)22)16(27-14)9-30-20-18-19(24-10-23-18)25-11-26-20;1-4(2)3/h2-8,10-11H,9H2,1H3,(H,23,24,25,26);. The Morgan fingerprint density at radius 1 is 1.12 bits per heavy atom. The lowest BCUT2D eigenvalue weighted by Gasteiger charge is -2.15. The second kappa shape index (κ2) is 10.6. The fraction of sp³-hybridized carbons (Fsp3) is 0.0952. The van der Waals surface area contributed by atoms with E-state index in [1.165, 1.54) is 28.7 Å². The fourth-order valence-electron chi connectivity index (χ4n) is 3.41. The van der Waals surface area contributed by atoms with Gasteiger partial charge in [0.2, 0.25) is 9.23 Å². The van der Waals surface area contributed by atoms with Gasteiger partial charge in [-0.25, -0.2) is 28.5 Å². The molecule has 2 aromatic carbocycles. The molecule has 0 aliphatic rings. The maximum absolute atomic E-state index is 14.6. The number of rotatable bonds is 4. The molecule has 0 amide bonds. The summed E-state index contributed by atoms with van der Waals surface area (Å²) in [5.41, 5.74) is 2.51. The minimum absolute atomic E-state index is 0.171. The molecule has 0 saturated carbocycles. The zero-order chi connectivity index (χ0) is 24.2. The van der Waals surface area contributed by atoms with E-state index in [4.69, 9.17) is 9.19 Å². The normalized spacial score (nSPS) is 11.1. The molecule has 0 saturated heterocycles. The molecule has 0 fully saturated rings. The number of benzene rings is 2. The third kappa shape index (κ3) is 5.12. The van der Waals surface area contributed by atoms with Gasteiger partial charge in [-0.3, -0.25) is 9.36 Å². The molecule has 0 aliphatic carbocycles. The summed E-state index contributed by atoms with van der Waals surface area (Å²) in [6.07, 6.45) is 2.99. The lowest BCUT2D eigenvalue weighted by Crippen LogP contribution is -2.25. The molecule has 5 rings (SSSR count). The maximum atomic E-state index is 14.6. The largest absolute Gasteiger partial charge is 0.341 e. The highest BCUT2D eigenvalue weighted by Crippen LogP contribution is 2.27. The molecule has 1 N–H and O–H groups in total. The van der Waals surface area contributed by atoms with Crippen LogP contribution in [0.4, 0.5) is 4.39 Å². The molecule has 0 unspecified atom stereocenters. The van der Waals surface area contributed by atoms with Crippen LogP contribution in [0.15, 0.2) is 64.9 Å². The number of imidazole rings is 1. The lowest BCUT2D eigenvalue weighted by atomic mass is 10.1. The van der Waals surface area contributed by atoms with Crippen molar-refractivity contribution < 1.29 is 8.60 Å². The van der Waals surface area contributed by atoms with Crippen LogP contribution in [-0.4, -0.2) is 33.7 Å². The molecule has 0 atom stereocenters. The van der Waals surface area contributed by atoms with Crippen molar-refractivity contribution in [3.05, 3.63) is 82.7 Å². The van der Waals surface area contributed by atoms with Crippen LogP contribution in [0.1, 0.15) is 11.4 Å². The smallest absolute Gasteiger partial charge is 0.266 e. The monoisotopic (exact) mass is 536 g/mol.